The van der Waals surface area contributed by atoms with E-state index < -0.39 is 5.60 Å². The first-order chi connectivity index (χ1) is 9.05. The Morgan fingerprint density at radius 2 is 2.16 bits per heavy atom. The Morgan fingerprint density at radius 3 is 2.84 bits per heavy atom. The minimum Gasteiger partial charge on any atom is -0.491 e. The molecule has 0 aromatic heterocycles. The molecule has 0 radical (unpaired) electrons. The van der Waals surface area contributed by atoms with E-state index in [1.807, 2.05) is 38.1 Å². The van der Waals surface area contributed by atoms with E-state index in [4.69, 9.17) is 9.47 Å². The van der Waals surface area contributed by atoms with Crippen molar-refractivity contribution in [1.29, 1.82) is 0 Å². The van der Waals surface area contributed by atoms with Crippen LogP contribution in [0, 0.1) is 0 Å². The van der Waals surface area contributed by atoms with Crippen LogP contribution in [0.2, 0.25) is 0 Å². The first-order valence-corrected chi connectivity index (χ1v) is 7.15. The van der Waals surface area contributed by atoms with Crippen LogP contribution >= 0.6 is 0 Å². The normalized spacial score (nSPS) is 27.5. The molecule has 0 aliphatic carbocycles. The van der Waals surface area contributed by atoms with Crippen LogP contribution in [0.15, 0.2) is 24.3 Å². The maximum atomic E-state index is 11.0. The highest BCUT2D eigenvalue weighted by Crippen LogP contribution is 2.40. The predicted octanol–water partition coefficient (Wildman–Crippen LogP) is 3.25. The highest BCUT2D eigenvalue weighted by atomic mass is 16.5. The highest BCUT2D eigenvalue weighted by Gasteiger charge is 2.38. The minimum absolute atomic E-state index is 0.103. The molecule has 2 atom stereocenters. The summed E-state index contributed by atoms with van der Waals surface area (Å²) in [5, 5.41) is 11.0. The van der Waals surface area contributed by atoms with Gasteiger partial charge in [-0.25, -0.2) is 0 Å². The van der Waals surface area contributed by atoms with Crippen molar-refractivity contribution in [3.05, 3.63) is 29.8 Å². The summed E-state index contributed by atoms with van der Waals surface area (Å²) in [5.41, 5.74) is 0.0650. The lowest BCUT2D eigenvalue weighted by molar-refractivity contribution is -0.109. The van der Waals surface area contributed by atoms with E-state index in [1.54, 1.807) is 0 Å². The van der Waals surface area contributed by atoms with Crippen LogP contribution in [0.1, 0.15) is 45.6 Å². The molecule has 1 aliphatic rings. The molecule has 1 aromatic rings. The van der Waals surface area contributed by atoms with Crippen LogP contribution in [-0.4, -0.2) is 23.9 Å². The molecule has 0 saturated carbocycles. The zero-order valence-electron chi connectivity index (χ0n) is 12.1. The van der Waals surface area contributed by atoms with Crippen molar-refractivity contribution in [2.24, 2.45) is 0 Å². The van der Waals surface area contributed by atoms with E-state index in [1.165, 1.54) is 0 Å². The third kappa shape index (κ3) is 3.28. The summed E-state index contributed by atoms with van der Waals surface area (Å²) in [6.07, 6.45) is 2.43. The van der Waals surface area contributed by atoms with Crippen molar-refractivity contribution in [2.45, 2.75) is 57.8 Å². The smallest absolute Gasteiger partial charge is 0.125 e. The van der Waals surface area contributed by atoms with Crippen LogP contribution in [0.4, 0.5) is 0 Å². The molecule has 1 saturated heterocycles. The Kier molecular flexibility index (Phi) is 4.48. The van der Waals surface area contributed by atoms with Crippen molar-refractivity contribution >= 4 is 0 Å². The van der Waals surface area contributed by atoms with Gasteiger partial charge in [0.05, 0.1) is 24.4 Å². The van der Waals surface area contributed by atoms with Gasteiger partial charge in [-0.3, -0.25) is 0 Å². The molecule has 1 aliphatic heterocycles. The van der Waals surface area contributed by atoms with Crippen LogP contribution < -0.4 is 4.74 Å². The van der Waals surface area contributed by atoms with Gasteiger partial charge in [0.25, 0.3) is 0 Å². The fraction of sp³-hybridized carbons (Fsp3) is 0.625. The van der Waals surface area contributed by atoms with E-state index in [0.717, 1.165) is 17.7 Å². The van der Waals surface area contributed by atoms with E-state index in [9.17, 15) is 5.11 Å². The van der Waals surface area contributed by atoms with Gasteiger partial charge in [-0.05, 0) is 26.3 Å². The summed E-state index contributed by atoms with van der Waals surface area (Å²) < 4.78 is 11.5. The first-order valence-electron chi connectivity index (χ1n) is 7.15. The highest BCUT2D eigenvalue weighted by molar-refractivity contribution is 5.38. The lowest BCUT2D eigenvalue weighted by Crippen LogP contribution is -2.38. The molecule has 1 heterocycles. The van der Waals surface area contributed by atoms with Crippen LogP contribution in [0.3, 0.4) is 0 Å². The molecular weight excluding hydrogens is 240 g/mol. The number of hydrogen-bond acceptors (Lipinski definition) is 3. The predicted molar refractivity (Wildman–Crippen MR) is 75.4 cm³/mol. The Hall–Kier alpha value is -1.06. The van der Waals surface area contributed by atoms with Crippen LogP contribution in [0.5, 0.6) is 5.75 Å². The molecule has 19 heavy (non-hydrogen) atoms. The Morgan fingerprint density at radius 1 is 1.42 bits per heavy atom. The Balaban J connectivity index is 2.28. The summed E-state index contributed by atoms with van der Waals surface area (Å²) in [6, 6.07) is 7.80. The van der Waals surface area contributed by atoms with Crippen LogP contribution in [-0.2, 0) is 10.3 Å². The maximum Gasteiger partial charge on any atom is 0.125 e. The molecule has 0 amide bonds. The van der Waals surface area contributed by atoms with Gasteiger partial charge < -0.3 is 14.6 Å². The van der Waals surface area contributed by atoms with Crippen molar-refractivity contribution < 1.29 is 14.6 Å². The van der Waals surface area contributed by atoms with Gasteiger partial charge in [-0.15, -0.1) is 0 Å². The van der Waals surface area contributed by atoms with Gasteiger partial charge in [0.15, 0.2) is 0 Å². The second-order valence-corrected chi connectivity index (χ2v) is 5.55. The zero-order chi connectivity index (χ0) is 13.9. The minimum atomic E-state index is -0.829. The number of hydrogen-bond donors (Lipinski definition) is 1. The van der Waals surface area contributed by atoms with Gasteiger partial charge >= 0.3 is 0 Å². The number of ether oxygens (including phenoxy) is 2. The molecule has 3 heteroatoms. The molecule has 2 rings (SSSR count). The van der Waals surface area contributed by atoms with Crippen LogP contribution in [0.25, 0.3) is 0 Å². The summed E-state index contributed by atoms with van der Waals surface area (Å²) in [7, 11) is 0. The topological polar surface area (TPSA) is 38.7 Å². The number of rotatable bonds is 4. The molecular formula is C16H24O3. The fourth-order valence-electron chi connectivity index (χ4n) is 2.65. The SMILES string of the molecule is CCC1CC(O)(c2ccccc2OC(C)C)CCO1. The quantitative estimate of drug-likeness (QED) is 0.907. The van der Waals surface area contributed by atoms with Gasteiger partial charge in [0, 0.05) is 18.4 Å². The molecule has 106 valence electrons. The average Bonchev–Trinajstić information content (AvgIpc) is 2.38. The Bertz CT molecular complexity index is 416. The van der Waals surface area contributed by atoms with Gasteiger partial charge in [-0.2, -0.15) is 0 Å². The standard InChI is InChI=1S/C16H24O3/c1-4-13-11-16(17,9-10-18-13)14-7-5-6-8-15(14)19-12(2)3/h5-8,12-13,17H,4,9-11H2,1-3H3. The van der Waals surface area contributed by atoms with E-state index in [-0.39, 0.29) is 12.2 Å². The number of para-hydroxylation sites is 1. The van der Waals surface area contributed by atoms with Crippen molar-refractivity contribution in [3.8, 4) is 5.75 Å². The largest absolute Gasteiger partial charge is 0.491 e. The van der Waals surface area contributed by atoms with Crippen molar-refractivity contribution in [3.63, 3.8) is 0 Å². The van der Waals surface area contributed by atoms with Gasteiger partial charge in [-0.1, -0.05) is 25.1 Å². The molecule has 3 nitrogen and oxygen atoms in total. The summed E-state index contributed by atoms with van der Waals surface area (Å²) in [5.74, 6) is 0.789. The summed E-state index contributed by atoms with van der Waals surface area (Å²) >= 11 is 0. The zero-order valence-corrected chi connectivity index (χ0v) is 12.1. The number of benzene rings is 1. The Labute approximate surface area is 115 Å². The monoisotopic (exact) mass is 264 g/mol. The van der Waals surface area contributed by atoms with E-state index >= 15 is 0 Å². The lowest BCUT2D eigenvalue weighted by Gasteiger charge is -2.38. The fourth-order valence-corrected chi connectivity index (χ4v) is 2.65. The van der Waals surface area contributed by atoms with Gasteiger partial charge in [0.2, 0.25) is 0 Å². The summed E-state index contributed by atoms with van der Waals surface area (Å²) in [4.78, 5) is 0. The molecule has 2 unspecified atom stereocenters. The second kappa shape index (κ2) is 5.93. The lowest BCUT2D eigenvalue weighted by atomic mass is 9.82. The number of aliphatic hydroxyl groups is 1. The average molecular weight is 264 g/mol. The molecule has 1 fully saturated rings. The summed E-state index contributed by atoms with van der Waals surface area (Å²) in [6.45, 7) is 6.69. The van der Waals surface area contributed by atoms with E-state index in [2.05, 4.69) is 6.92 Å². The second-order valence-electron chi connectivity index (χ2n) is 5.55. The molecule has 0 spiro atoms. The van der Waals surface area contributed by atoms with Gasteiger partial charge in [0.1, 0.15) is 5.75 Å². The first kappa shape index (κ1) is 14.4. The molecule has 1 aromatic carbocycles. The third-order valence-electron chi connectivity index (χ3n) is 3.64. The molecule has 1 N–H and O–H groups in total. The van der Waals surface area contributed by atoms with Crippen molar-refractivity contribution in [2.75, 3.05) is 6.61 Å². The maximum absolute atomic E-state index is 11.0. The van der Waals surface area contributed by atoms with Crippen molar-refractivity contribution in [1.82, 2.24) is 0 Å². The third-order valence-corrected chi connectivity index (χ3v) is 3.64. The molecule has 0 bridgehead atoms. The van der Waals surface area contributed by atoms with E-state index in [0.29, 0.717) is 19.4 Å².